The molecule has 0 bridgehead atoms. The van der Waals surface area contributed by atoms with Crippen LogP contribution in [0.3, 0.4) is 0 Å². The average Bonchev–Trinajstić information content (AvgIpc) is 2.53. The molecule has 114 valence electrons. The second-order valence-electron chi connectivity index (χ2n) is 4.65. The molecule has 0 atom stereocenters. The van der Waals surface area contributed by atoms with Crippen molar-refractivity contribution in [2.45, 2.75) is 6.54 Å². The zero-order chi connectivity index (χ0) is 15.9. The fourth-order valence-corrected chi connectivity index (χ4v) is 1.77. The van der Waals surface area contributed by atoms with E-state index in [2.05, 4.69) is 4.98 Å². The fourth-order valence-electron chi connectivity index (χ4n) is 1.77. The van der Waals surface area contributed by atoms with Crippen LogP contribution in [-0.4, -0.2) is 34.4 Å². The summed E-state index contributed by atoms with van der Waals surface area (Å²) in [5.41, 5.74) is 0.904. The van der Waals surface area contributed by atoms with Gasteiger partial charge in [-0.1, -0.05) is 6.07 Å². The summed E-state index contributed by atoms with van der Waals surface area (Å²) in [7, 11) is 1.68. The fraction of sp³-hybridized carbons (Fsp3) is 0.200. The number of nitrogens with zero attached hydrogens (tertiary/aromatic N) is 3. The van der Waals surface area contributed by atoms with E-state index in [1.807, 2.05) is 6.07 Å². The molecule has 2 rings (SSSR count). The van der Waals surface area contributed by atoms with E-state index in [1.165, 1.54) is 29.2 Å². The Morgan fingerprint density at radius 2 is 2.05 bits per heavy atom. The molecular formula is C15H15N3O4. The quantitative estimate of drug-likeness (QED) is 0.602. The lowest BCUT2D eigenvalue weighted by molar-refractivity contribution is -0.384. The van der Waals surface area contributed by atoms with E-state index < -0.39 is 4.92 Å². The van der Waals surface area contributed by atoms with Gasteiger partial charge in [-0.05, 0) is 23.8 Å². The first-order valence-corrected chi connectivity index (χ1v) is 6.56. The molecule has 0 spiro atoms. The van der Waals surface area contributed by atoms with E-state index in [9.17, 15) is 14.9 Å². The number of pyridine rings is 1. The number of likely N-dealkylation sites (N-methyl/N-ethyl adjacent to an activating group) is 1. The second kappa shape index (κ2) is 7.16. The Labute approximate surface area is 127 Å². The highest BCUT2D eigenvalue weighted by Crippen LogP contribution is 2.17. The maximum absolute atomic E-state index is 12.0. The largest absolute Gasteiger partial charge is 0.484 e. The van der Waals surface area contributed by atoms with Gasteiger partial charge in [0.15, 0.2) is 6.61 Å². The molecule has 0 aliphatic carbocycles. The summed E-state index contributed by atoms with van der Waals surface area (Å²) in [5.74, 6) is 0.218. The highest BCUT2D eigenvalue weighted by Gasteiger charge is 2.11. The Bertz CT molecular complexity index is 644. The second-order valence-corrected chi connectivity index (χ2v) is 4.65. The van der Waals surface area contributed by atoms with Crippen LogP contribution in [0.4, 0.5) is 5.69 Å². The Balaban J connectivity index is 1.85. The average molecular weight is 301 g/mol. The standard InChI is InChI=1S/C15H15N3O4/c1-17(10-12-3-2-8-16-9-12)15(19)11-22-14-6-4-13(5-7-14)18(20)21/h2-9H,10-11H2,1H3. The normalized spacial score (nSPS) is 10.0. The van der Waals surface area contributed by atoms with Crippen LogP contribution in [0.25, 0.3) is 0 Å². The molecule has 7 heteroatoms. The maximum Gasteiger partial charge on any atom is 0.269 e. The van der Waals surface area contributed by atoms with Crippen molar-refractivity contribution < 1.29 is 14.5 Å². The van der Waals surface area contributed by atoms with Crippen LogP contribution in [0.15, 0.2) is 48.8 Å². The van der Waals surface area contributed by atoms with Crippen molar-refractivity contribution in [1.82, 2.24) is 9.88 Å². The highest BCUT2D eigenvalue weighted by atomic mass is 16.6. The molecule has 0 saturated heterocycles. The van der Waals surface area contributed by atoms with E-state index >= 15 is 0 Å². The predicted molar refractivity (Wildman–Crippen MR) is 79.3 cm³/mol. The summed E-state index contributed by atoms with van der Waals surface area (Å²) in [4.78, 5) is 27.5. The van der Waals surface area contributed by atoms with Crippen molar-refractivity contribution >= 4 is 11.6 Å². The molecule has 1 aromatic heterocycles. The minimum absolute atomic E-state index is 0.0210. The molecule has 0 fully saturated rings. The number of carbonyl (C=O) groups is 1. The molecule has 0 unspecified atom stereocenters. The summed E-state index contributed by atoms with van der Waals surface area (Å²) >= 11 is 0. The van der Waals surface area contributed by atoms with Gasteiger partial charge in [0.05, 0.1) is 4.92 Å². The van der Waals surface area contributed by atoms with Crippen LogP contribution >= 0.6 is 0 Å². The van der Waals surface area contributed by atoms with Gasteiger partial charge >= 0.3 is 0 Å². The molecule has 0 saturated carbocycles. The number of hydrogen-bond donors (Lipinski definition) is 0. The summed E-state index contributed by atoms with van der Waals surface area (Å²) in [6.45, 7) is 0.310. The molecule has 0 N–H and O–H groups in total. The molecule has 1 aromatic carbocycles. The number of aromatic nitrogens is 1. The lowest BCUT2D eigenvalue weighted by atomic mass is 10.3. The van der Waals surface area contributed by atoms with Gasteiger partial charge in [-0.15, -0.1) is 0 Å². The van der Waals surface area contributed by atoms with Gasteiger partial charge < -0.3 is 9.64 Å². The van der Waals surface area contributed by atoms with Crippen LogP contribution < -0.4 is 4.74 Å². The van der Waals surface area contributed by atoms with E-state index in [0.29, 0.717) is 12.3 Å². The SMILES string of the molecule is CN(Cc1cccnc1)C(=O)COc1ccc([N+](=O)[O-])cc1. The smallest absolute Gasteiger partial charge is 0.269 e. The monoisotopic (exact) mass is 301 g/mol. The van der Waals surface area contributed by atoms with Crippen LogP contribution in [0.5, 0.6) is 5.75 Å². The number of benzene rings is 1. The number of hydrogen-bond acceptors (Lipinski definition) is 5. The van der Waals surface area contributed by atoms with Gasteiger partial charge in [0.1, 0.15) is 5.75 Å². The molecule has 0 radical (unpaired) electrons. The first-order valence-electron chi connectivity index (χ1n) is 6.56. The summed E-state index contributed by atoms with van der Waals surface area (Å²) in [6.07, 6.45) is 3.37. The molecular weight excluding hydrogens is 286 g/mol. The number of nitro groups is 1. The highest BCUT2D eigenvalue weighted by molar-refractivity contribution is 5.77. The van der Waals surface area contributed by atoms with E-state index in [0.717, 1.165) is 5.56 Å². The number of rotatable bonds is 6. The van der Waals surface area contributed by atoms with Gasteiger partial charge in [0.25, 0.3) is 11.6 Å². The minimum Gasteiger partial charge on any atom is -0.484 e. The first-order chi connectivity index (χ1) is 10.6. The van der Waals surface area contributed by atoms with Gasteiger partial charge in [0, 0.05) is 38.1 Å². The van der Waals surface area contributed by atoms with Crippen molar-refractivity contribution in [3.63, 3.8) is 0 Å². The summed E-state index contributed by atoms with van der Waals surface area (Å²) < 4.78 is 5.33. The van der Waals surface area contributed by atoms with Crippen molar-refractivity contribution in [1.29, 1.82) is 0 Å². The lowest BCUT2D eigenvalue weighted by Crippen LogP contribution is -2.30. The van der Waals surface area contributed by atoms with Gasteiger partial charge in [0.2, 0.25) is 0 Å². The third-order valence-electron chi connectivity index (χ3n) is 2.98. The van der Waals surface area contributed by atoms with Gasteiger partial charge in [-0.3, -0.25) is 19.9 Å². The minimum atomic E-state index is -0.489. The first kappa shape index (κ1) is 15.4. The Kier molecular flexibility index (Phi) is 5.02. The summed E-state index contributed by atoms with van der Waals surface area (Å²) in [6, 6.07) is 9.28. The van der Waals surface area contributed by atoms with Crippen molar-refractivity contribution in [2.75, 3.05) is 13.7 Å². The molecule has 0 aliphatic rings. The molecule has 0 aliphatic heterocycles. The third kappa shape index (κ3) is 4.27. The molecule has 2 aromatic rings. The van der Waals surface area contributed by atoms with E-state index in [1.54, 1.807) is 25.5 Å². The number of ether oxygens (including phenoxy) is 1. The van der Waals surface area contributed by atoms with Crippen molar-refractivity contribution in [2.24, 2.45) is 0 Å². The zero-order valence-electron chi connectivity index (χ0n) is 12.0. The van der Waals surface area contributed by atoms with Crippen LogP contribution in [0, 0.1) is 10.1 Å². The topological polar surface area (TPSA) is 85.6 Å². The van der Waals surface area contributed by atoms with Crippen LogP contribution in [0.2, 0.25) is 0 Å². The lowest BCUT2D eigenvalue weighted by Gasteiger charge is -2.17. The molecule has 1 heterocycles. The Morgan fingerprint density at radius 1 is 1.32 bits per heavy atom. The predicted octanol–water partition coefficient (Wildman–Crippen LogP) is 2.03. The number of amides is 1. The van der Waals surface area contributed by atoms with Crippen molar-refractivity contribution in [3.05, 3.63) is 64.5 Å². The van der Waals surface area contributed by atoms with Crippen molar-refractivity contribution in [3.8, 4) is 5.75 Å². The third-order valence-corrected chi connectivity index (χ3v) is 2.98. The van der Waals surface area contributed by atoms with E-state index in [-0.39, 0.29) is 18.2 Å². The molecule has 7 nitrogen and oxygen atoms in total. The number of carbonyl (C=O) groups excluding carboxylic acids is 1. The zero-order valence-corrected chi connectivity index (χ0v) is 12.0. The number of nitro benzene ring substituents is 1. The van der Waals surface area contributed by atoms with Crippen LogP contribution in [-0.2, 0) is 11.3 Å². The van der Waals surface area contributed by atoms with E-state index in [4.69, 9.17) is 4.74 Å². The van der Waals surface area contributed by atoms with Gasteiger partial charge in [-0.25, -0.2) is 0 Å². The molecule has 22 heavy (non-hydrogen) atoms. The molecule has 1 amide bonds. The van der Waals surface area contributed by atoms with Crippen LogP contribution in [0.1, 0.15) is 5.56 Å². The number of non-ortho nitro benzene ring substituents is 1. The maximum atomic E-state index is 12.0. The summed E-state index contributed by atoms with van der Waals surface area (Å²) in [5, 5.41) is 10.5. The Morgan fingerprint density at radius 3 is 2.64 bits per heavy atom. The van der Waals surface area contributed by atoms with Gasteiger partial charge in [-0.2, -0.15) is 0 Å². The Hall–Kier alpha value is -2.96.